The van der Waals surface area contributed by atoms with Crippen molar-refractivity contribution < 1.29 is 17.6 Å². The van der Waals surface area contributed by atoms with E-state index in [1.165, 1.54) is 36.7 Å². The first-order chi connectivity index (χ1) is 17.2. The van der Waals surface area contributed by atoms with Gasteiger partial charge in [-0.05, 0) is 30.5 Å². The molecule has 1 saturated carbocycles. The van der Waals surface area contributed by atoms with E-state index in [1.807, 2.05) is 0 Å². The van der Waals surface area contributed by atoms with E-state index in [1.54, 1.807) is 29.0 Å². The van der Waals surface area contributed by atoms with Crippen LogP contribution in [-0.2, 0) is 5.41 Å². The van der Waals surface area contributed by atoms with Crippen molar-refractivity contribution in [1.82, 2.24) is 15.4 Å². The van der Waals surface area contributed by atoms with Gasteiger partial charge in [0.05, 0.1) is 34.2 Å². The van der Waals surface area contributed by atoms with E-state index in [4.69, 9.17) is 11.6 Å². The number of hydrazone groups is 1. The van der Waals surface area contributed by atoms with Crippen molar-refractivity contribution in [1.29, 1.82) is 0 Å². The van der Waals surface area contributed by atoms with Crippen molar-refractivity contribution in [3.05, 3.63) is 70.8 Å². The summed E-state index contributed by atoms with van der Waals surface area (Å²) in [5, 5.41) is 4.16. The van der Waals surface area contributed by atoms with Crippen molar-refractivity contribution in [3.63, 3.8) is 0 Å². The second kappa shape index (κ2) is 7.89. The number of alkyl halides is 3. The molecule has 184 valence electrons. The van der Waals surface area contributed by atoms with Gasteiger partial charge in [0.25, 0.3) is 5.96 Å². The normalized spacial score (nSPS) is 17.6. The van der Waals surface area contributed by atoms with Gasteiger partial charge in [-0.3, -0.25) is 15.3 Å². The number of fused-ring (bicyclic) bond motifs is 3. The summed E-state index contributed by atoms with van der Waals surface area (Å²) in [5.41, 5.74) is 3.60. The van der Waals surface area contributed by atoms with Crippen LogP contribution >= 0.6 is 11.6 Å². The van der Waals surface area contributed by atoms with Gasteiger partial charge in [-0.25, -0.2) is 9.37 Å². The van der Waals surface area contributed by atoms with Gasteiger partial charge in [-0.1, -0.05) is 35.9 Å². The van der Waals surface area contributed by atoms with Crippen molar-refractivity contribution >= 4 is 34.9 Å². The maximum atomic E-state index is 14.4. The molecule has 12 heteroatoms. The number of nitrogens with one attached hydrogen (secondary N) is 1. The number of anilines is 2. The Morgan fingerprint density at radius 1 is 1.11 bits per heavy atom. The van der Waals surface area contributed by atoms with Crippen LogP contribution in [0, 0.1) is 5.82 Å². The molecule has 0 saturated heterocycles. The molecule has 0 atom stereocenters. The Labute approximate surface area is 208 Å². The van der Waals surface area contributed by atoms with Crippen LogP contribution < -0.4 is 15.2 Å². The van der Waals surface area contributed by atoms with Crippen molar-refractivity contribution in [2.24, 2.45) is 10.1 Å². The highest BCUT2D eigenvalue weighted by Gasteiger charge is 2.64. The Balaban J connectivity index is 1.34. The number of aliphatic imine (C=N–C) groups is 1. The van der Waals surface area contributed by atoms with E-state index in [9.17, 15) is 17.6 Å². The number of halogens is 5. The number of nitrogens with zero attached hydrogens (tertiary/aromatic N) is 6. The monoisotopic (exact) mass is 515 g/mol. The molecule has 2 aliphatic heterocycles. The minimum absolute atomic E-state index is 0.0207. The molecule has 1 fully saturated rings. The highest BCUT2D eigenvalue weighted by Crippen LogP contribution is 2.58. The zero-order valence-corrected chi connectivity index (χ0v) is 19.6. The van der Waals surface area contributed by atoms with Crippen LogP contribution in [-0.4, -0.2) is 41.7 Å². The lowest BCUT2D eigenvalue weighted by atomic mass is 9.94. The highest BCUT2D eigenvalue weighted by atomic mass is 35.5. The van der Waals surface area contributed by atoms with Gasteiger partial charge in [0.1, 0.15) is 18.3 Å². The number of aromatic nitrogens is 2. The Bertz CT molecular complexity index is 1430. The smallest absolute Gasteiger partial charge is 0.312 e. The summed E-state index contributed by atoms with van der Waals surface area (Å²) in [6, 6.07) is 9.08. The number of guanidine groups is 1. The average Bonchev–Trinajstić information content (AvgIpc) is 3.56. The fourth-order valence-corrected chi connectivity index (χ4v) is 4.68. The zero-order valence-electron chi connectivity index (χ0n) is 18.8. The molecule has 1 N–H and O–H groups in total. The van der Waals surface area contributed by atoms with Crippen LogP contribution in [0.15, 0.2) is 58.9 Å². The molecule has 0 radical (unpaired) electrons. The van der Waals surface area contributed by atoms with E-state index in [0.29, 0.717) is 46.8 Å². The van der Waals surface area contributed by atoms with Crippen LogP contribution in [0.5, 0.6) is 0 Å². The first-order valence-corrected chi connectivity index (χ1v) is 11.5. The molecule has 36 heavy (non-hydrogen) atoms. The summed E-state index contributed by atoms with van der Waals surface area (Å²) in [6.07, 6.45) is -1.01. The van der Waals surface area contributed by atoms with E-state index in [-0.39, 0.29) is 23.4 Å². The third-order valence-corrected chi connectivity index (χ3v) is 7.02. The van der Waals surface area contributed by atoms with E-state index >= 15 is 0 Å². The predicted octanol–water partition coefficient (Wildman–Crippen LogP) is 5.06. The molecule has 7 nitrogen and oxygen atoms in total. The Morgan fingerprint density at radius 3 is 2.56 bits per heavy atom. The second-order valence-corrected chi connectivity index (χ2v) is 9.26. The number of hydrogen-bond donors (Lipinski definition) is 1. The second-order valence-electron chi connectivity index (χ2n) is 8.85. The molecule has 6 rings (SSSR count). The van der Waals surface area contributed by atoms with Crippen molar-refractivity contribution in [2.45, 2.75) is 24.4 Å². The summed E-state index contributed by atoms with van der Waals surface area (Å²) in [4.78, 5) is 16.9. The first-order valence-electron chi connectivity index (χ1n) is 11.1. The fourth-order valence-electron chi connectivity index (χ4n) is 4.52. The summed E-state index contributed by atoms with van der Waals surface area (Å²) in [7, 11) is 1.71. The maximum Gasteiger partial charge on any atom is 0.398 e. The summed E-state index contributed by atoms with van der Waals surface area (Å²) >= 11 is 6.04. The largest absolute Gasteiger partial charge is 0.398 e. The molecule has 0 unspecified atom stereocenters. The van der Waals surface area contributed by atoms with Gasteiger partial charge in [-0.2, -0.15) is 18.2 Å². The Morgan fingerprint density at radius 2 is 1.86 bits per heavy atom. The lowest BCUT2D eigenvalue weighted by molar-refractivity contribution is -0.160. The van der Waals surface area contributed by atoms with E-state index in [0.717, 1.165) is 0 Å². The van der Waals surface area contributed by atoms with E-state index in [2.05, 4.69) is 25.5 Å². The standard InChI is InChI=1S/C24H18ClF4N7/c1-35(21-15-8-17(26)16(25)9-19(15)36-12-31-34-22(36)33-21)20-11-30-10-18(32-20)13-2-4-14(5-3-13)23(6-7-23)24(27,28)29/h2-5,8-11,31H,6-7,12H2,1H3. The molecule has 1 aromatic heterocycles. The minimum Gasteiger partial charge on any atom is -0.312 e. The van der Waals surface area contributed by atoms with Gasteiger partial charge in [0, 0.05) is 18.2 Å². The van der Waals surface area contributed by atoms with Crippen LogP contribution in [0.25, 0.3) is 11.3 Å². The topological polar surface area (TPSA) is 69.0 Å². The maximum absolute atomic E-state index is 14.4. The molecule has 0 spiro atoms. The highest BCUT2D eigenvalue weighted by molar-refractivity contribution is 6.32. The average molecular weight is 516 g/mol. The van der Waals surface area contributed by atoms with Crippen LogP contribution in [0.3, 0.4) is 0 Å². The lowest BCUT2D eigenvalue weighted by Crippen LogP contribution is -2.39. The van der Waals surface area contributed by atoms with Gasteiger partial charge < -0.3 is 4.90 Å². The third-order valence-electron chi connectivity index (χ3n) is 6.73. The molecule has 0 bridgehead atoms. The Hall–Kier alpha value is -3.73. The molecule has 3 aromatic rings. The predicted molar refractivity (Wildman–Crippen MR) is 129 cm³/mol. The van der Waals surface area contributed by atoms with Gasteiger partial charge in [0.2, 0.25) is 0 Å². The molecule has 2 aromatic carbocycles. The van der Waals surface area contributed by atoms with Crippen LogP contribution in [0.1, 0.15) is 24.0 Å². The molecule has 1 aliphatic carbocycles. The molecule has 3 heterocycles. The summed E-state index contributed by atoms with van der Waals surface area (Å²) in [5.74, 6) is 0.606. The number of rotatable bonds is 3. The third kappa shape index (κ3) is 3.48. The van der Waals surface area contributed by atoms with E-state index < -0.39 is 17.4 Å². The minimum atomic E-state index is -4.27. The fraction of sp³-hybridized carbons (Fsp3) is 0.250. The number of benzene rings is 2. The lowest BCUT2D eigenvalue weighted by Gasteiger charge is -2.30. The quantitative estimate of drug-likeness (QED) is 0.494. The van der Waals surface area contributed by atoms with Crippen LogP contribution in [0.4, 0.5) is 29.1 Å². The summed E-state index contributed by atoms with van der Waals surface area (Å²) in [6.45, 7) is 0.367. The Kier molecular flexibility index (Phi) is 4.98. The number of hydrogen-bond acceptors (Lipinski definition) is 7. The van der Waals surface area contributed by atoms with Gasteiger partial charge >= 0.3 is 6.18 Å². The zero-order chi connectivity index (χ0) is 25.2. The summed E-state index contributed by atoms with van der Waals surface area (Å²) < 4.78 is 54.8. The van der Waals surface area contributed by atoms with Crippen molar-refractivity contribution in [3.8, 4) is 11.3 Å². The molecular formula is C24H18ClF4N7. The van der Waals surface area contributed by atoms with Gasteiger partial charge in [0.15, 0.2) is 5.82 Å². The number of amidine groups is 1. The molecular weight excluding hydrogens is 498 g/mol. The SMILES string of the molecule is CN(C1=NC2=NNCN2c2cc(Cl)c(F)cc21)c1cncc(-c2ccc(C3(C(F)(F)F)CC3)cc2)n1. The molecule has 0 amide bonds. The van der Waals surface area contributed by atoms with Crippen molar-refractivity contribution in [2.75, 3.05) is 23.5 Å². The van der Waals surface area contributed by atoms with Gasteiger partial charge in [-0.15, -0.1) is 5.10 Å². The first kappa shape index (κ1) is 22.7. The van der Waals surface area contributed by atoms with Crippen LogP contribution in [0.2, 0.25) is 5.02 Å². The molecule has 3 aliphatic rings.